The molecule has 1 aromatic carbocycles. The number of alkyl halides is 1. The molecule has 0 spiro atoms. The average molecular weight is 312 g/mol. The van der Waals surface area contributed by atoms with Gasteiger partial charge in [-0.05, 0) is 13.0 Å². The molecular weight excluding hydrogens is 303 g/mol. The Balaban J connectivity index is 2.42. The summed E-state index contributed by atoms with van der Waals surface area (Å²) in [6, 6.07) is 2.80. The monoisotopic (exact) mass is 311 g/mol. The zero-order valence-electron chi connectivity index (χ0n) is 10.8. The molecule has 0 radical (unpaired) electrons. The zero-order chi connectivity index (χ0) is 15.1. The summed E-state index contributed by atoms with van der Waals surface area (Å²) in [5.41, 5.74) is 0.479. The molecule has 1 atom stereocenters. The molecule has 0 saturated carbocycles. The number of pyridine rings is 1. The van der Waals surface area contributed by atoms with Crippen LogP contribution in [0.3, 0.4) is 0 Å². The van der Waals surface area contributed by atoms with Gasteiger partial charge >= 0.3 is 0 Å². The number of rotatable bonds is 2. The van der Waals surface area contributed by atoms with Crippen molar-refractivity contribution in [2.75, 3.05) is 0 Å². The van der Waals surface area contributed by atoms with Crippen molar-refractivity contribution in [1.29, 1.82) is 0 Å². The molecule has 7 heteroatoms. The van der Waals surface area contributed by atoms with Crippen molar-refractivity contribution < 1.29 is 13.2 Å². The quantitative estimate of drug-likeness (QED) is 0.666. The van der Waals surface area contributed by atoms with E-state index < -0.39 is 28.5 Å². The maximum absolute atomic E-state index is 14.1. The van der Waals surface area contributed by atoms with Gasteiger partial charge in [0, 0.05) is 18.3 Å². The Hall–Kier alpha value is -2.08. The molecule has 2 heterocycles. The number of benzene rings is 1. The molecule has 0 aliphatic rings. The summed E-state index contributed by atoms with van der Waals surface area (Å²) in [5, 5.41) is -0.596. The highest BCUT2D eigenvalue weighted by Gasteiger charge is 2.22. The fourth-order valence-electron chi connectivity index (χ4n) is 2.20. The standard InChI is InChI=1S/C14H9ClF3N3/c1-7(15)14-20-11-6-19-3-2-12(11)21(14)13-9(17)4-8(16)5-10(13)18/h2-7H,1H3. The summed E-state index contributed by atoms with van der Waals surface area (Å²) in [5.74, 6) is -2.78. The lowest BCUT2D eigenvalue weighted by Crippen LogP contribution is -2.07. The second-order valence-electron chi connectivity index (χ2n) is 4.50. The van der Waals surface area contributed by atoms with Gasteiger partial charge < -0.3 is 0 Å². The minimum atomic E-state index is -1.03. The molecule has 0 aliphatic heterocycles. The minimum absolute atomic E-state index is 0.254. The van der Waals surface area contributed by atoms with E-state index in [9.17, 15) is 13.2 Å². The van der Waals surface area contributed by atoms with E-state index >= 15 is 0 Å². The van der Waals surface area contributed by atoms with E-state index in [0.29, 0.717) is 23.2 Å². The van der Waals surface area contributed by atoms with E-state index in [-0.39, 0.29) is 5.82 Å². The fraction of sp³-hybridized carbons (Fsp3) is 0.143. The van der Waals surface area contributed by atoms with Crippen LogP contribution in [0.1, 0.15) is 18.1 Å². The molecule has 0 saturated heterocycles. The Morgan fingerprint density at radius 2 is 1.86 bits per heavy atom. The Bertz CT molecular complexity index is 806. The predicted octanol–water partition coefficient (Wildman–Crippen LogP) is 4.14. The van der Waals surface area contributed by atoms with Gasteiger partial charge in [-0.1, -0.05) is 0 Å². The van der Waals surface area contributed by atoms with Crippen molar-refractivity contribution in [2.45, 2.75) is 12.3 Å². The van der Waals surface area contributed by atoms with E-state index in [4.69, 9.17) is 11.6 Å². The molecule has 3 aromatic rings. The maximum Gasteiger partial charge on any atom is 0.153 e. The van der Waals surface area contributed by atoms with Gasteiger partial charge in [0.25, 0.3) is 0 Å². The highest BCUT2D eigenvalue weighted by atomic mass is 35.5. The van der Waals surface area contributed by atoms with Gasteiger partial charge in [0.15, 0.2) is 11.6 Å². The van der Waals surface area contributed by atoms with Gasteiger partial charge in [-0.25, -0.2) is 18.2 Å². The molecule has 1 unspecified atom stereocenters. The first kappa shape index (κ1) is 13.9. The largest absolute Gasteiger partial charge is 0.289 e. The zero-order valence-corrected chi connectivity index (χ0v) is 11.6. The SMILES string of the molecule is CC(Cl)c1nc2cnccc2n1-c1c(F)cc(F)cc1F. The summed E-state index contributed by atoms with van der Waals surface area (Å²) in [7, 11) is 0. The molecular formula is C14H9ClF3N3. The maximum atomic E-state index is 14.1. The first-order chi connectivity index (χ1) is 9.99. The number of nitrogens with zero attached hydrogens (tertiary/aromatic N) is 3. The van der Waals surface area contributed by atoms with Crippen molar-refractivity contribution in [2.24, 2.45) is 0 Å². The Morgan fingerprint density at radius 1 is 1.19 bits per heavy atom. The van der Waals surface area contributed by atoms with E-state index in [2.05, 4.69) is 9.97 Å². The molecule has 21 heavy (non-hydrogen) atoms. The predicted molar refractivity (Wildman–Crippen MR) is 73.0 cm³/mol. The number of hydrogen-bond acceptors (Lipinski definition) is 2. The third-order valence-corrected chi connectivity index (χ3v) is 3.24. The summed E-state index contributed by atoms with van der Waals surface area (Å²) >= 11 is 6.04. The molecule has 2 aromatic heterocycles. The molecule has 0 fully saturated rings. The summed E-state index contributed by atoms with van der Waals surface area (Å²) in [4.78, 5) is 8.15. The topological polar surface area (TPSA) is 30.7 Å². The van der Waals surface area contributed by atoms with Crippen molar-refractivity contribution in [1.82, 2.24) is 14.5 Å². The third kappa shape index (κ3) is 2.25. The van der Waals surface area contributed by atoms with Gasteiger partial charge in [0.1, 0.15) is 22.8 Å². The second-order valence-corrected chi connectivity index (χ2v) is 5.16. The van der Waals surface area contributed by atoms with Crippen molar-refractivity contribution in [3.63, 3.8) is 0 Å². The first-order valence-electron chi connectivity index (χ1n) is 6.10. The van der Waals surface area contributed by atoms with Gasteiger partial charge in [-0.3, -0.25) is 9.55 Å². The summed E-state index contributed by atoms with van der Waals surface area (Å²) in [6.07, 6.45) is 2.94. The molecule has 3 rings (SSSR count). The number of aromatic nitrogens is 3. The lowest BCUT2D eigenvalue weighted by molar-refractivity contribution is 0.533. The number of halogens is 4. The molecule has 3 nitrogen and oxygen atoms in total. The van der Waals surface area contributed by atoms with Gasteiger partial charge in [0.2, 0.25) is 0 Å². The van der Waals surface area contributed by atoms with E-state index in [1.54, 1.807) is 13.0 Å². The first-order valence-corrected chi connectivity index (χ1v) is 6.54. The number of fused-ring (bicyclic) bond motifs is 1. The molecule has 0 aliphatic carbocycles. The minimum Gasteiger partial charge on any atom is -0.289 e. The van der Waals surface area contributed by atoms with Crippen LogP contribution in [0.25, 0.3) is 16.7 Å². The third-order valence-electron chi connectivity index (χ3n) is 3.04. The average Bonchev–Trinajstić information content (AvgIpc) is 2.77. The van der Waals surface area contributed by atoms with Crippen molar-refractivity contribution >= 4 is 22.6 Å². The van der Waals surface area contributed by atoms with Crippen LogP contribution < -0.4 is 0 Å². The van der Waals surface area contributed by atoms with Gasteiger partial charge in [-0.2, -0.15) is 0 Å². The van der Waals surface area contributed by atoms with E-state index in [1.165, 1.54) is 17.0 Å². The Labute approximate surface area is 123 Å². The van der Waals surface area contributed by atoms with Gasteiger partial charge in [-0.15, -0.1) is 11.6 Å². The van der Waals surface area contributed by atoms with Crippen LogP contribution in [-0.2, 0) is 0 Å². The van der Waals surface area contributed by atoms with Crippen LogP contribution in [0.15, 0.2) is 30.6 Å². The number of imidazole rings is 1. The Kier molecular flexibility index (Phi) is 3.33. The van der Waals surface area contributed by atoms with Crippen LogP contribution in [0.4, 0.5) is 13.2 Å². The second kappa shape index (κ2) is 5.04. The molecule has 0 bridgehead atoms. The molecule has 0 amide bonds. The Morgan fingerprint density at radius 3 is 2.48 bits per heavy atom. The van der Waals surface area contributed by atoms with Crippen molar-refractivity contribution in [3.05, 3.63) is 53.9 Å². The highest BCUT2D eigenvalue weighted by Crippen LogP contribution is 2.30. The lowest BCUT2D eigenvalue weighted by Gasteiger charge is -2.12. The highest BCUT2D eigenvalue weighted by molar-refractivity contribution is 6.20. The molecule has 108 valence electrons. The van der Waals surface area contributed by atoms with Gasteiger partial charge in [0.05, 0.1) is 17.1 Å². The summed E-state index contributed by atoms with van der Waals surface area (Å²) in [6.45, 7) is 1.63. The lowest BCUT2D eigenvalue weighted by atomic mass is 10.2. The van der Waals surface area contributed by atoms with Crippen molar-refractivity contribution in [3.8, 4) is 5.69 Å². The van der Waals surface area contributed by atoms with Crippen LogP contribution in [0, 0.1) is 17.5 Å². The van der Waals surface area contributed by atoms with Crippen LogP contribution in [-0.4, -0.2) is 14.5 Å². The fourth-order valence-corrected chi connectivity index (χ4v) is 2.35. The van der Waals surface area contributed by atoms with Crippen LogP contribution in [0.5, 0.6) is 0 Å². The summed E-state index contributed by atoms with van der Waals surface area (Å²) < 4.78 is 42.4. The molecule has 0 N–H and O–H groups in total. The van der Waals surface area contributed by atoms with E-state index in [1.807, 2.05) is 0 Å². The van der Waals surface area contributed by atoms with Crippen LogP contribution in [0.2, 0.25) is 0 Å². The number of hydrogen-bond donors (Lipinski definition) is 0. The normalized spacial score (nSPS) is 12.8. The van der Waals surface area contributed by atoms with E-state index in [0.717, 1.165) is 0 Å². The smallest absolute Gasteiger partial charge is 0.153 e. The van der Waals surface area contributed by atoms with Crippen LogP contribution >= 0.6 is 11.6 Å².